The molecule has 1 fully saturated rings. The van der Waals surface area contributed by atoms with Gasteiger partial charge in [-0.05, 0) is 75.5 Å². The van der Waals surface area contributed by atoms with E-state index in [1.807, 2.05) is 48.9 Å². The third-order valence-electron chi connectivity index (χ3n) is 6.73. The quantitative estimate of drug-likeness (QED) is 0.445. The third-order valence-corrected chi connectivity index (χ3v) is 6.73. The molecule has 1 aromatic carbocycles. The van der Waals surface area contributed by atoms with Crippen LogP contribution in [-0.4, -0.2) is 63.1 Å². The van der Waals surface area contributed by atoms with Gasteiger partial charge in [0.2, 0.25) is 0 Å². The molecule has 33 heavy (non-hydrogen) atoms. The first kappa shape index (κ1) is 21.5. The molecule has 3 aromatic heterocycles. The first-order valence-electron chi connectivity index (χ1n) is 11.7. The molecule has 0 radical (unpaired) electrons. The molecular weight excluding hydrogens is 410 g/mol. The zero-order valence-corrected chi connectivity index (χ0v) is 19.9. The van der Waals surface area contributed by atoms with Crippen molar-refractivity contribution in [2.24, 2.45) is 0 Å². The number of nitrogens with zero attached hydrogens (tertiary/aromatic N) is 7. The highest BCUT2D eigenvalue weighted by Gasteiger charge is 2.19. The van der Waals surface area contributed by atoms with Gasteiger partial charge in [0.15, 0.2) is 11.6 Å². The van der Waals surface area contributed by atoms with Gasteiger partial charge in [-0.1, -0.05) is 12.1 Å². The van der Waals surface area contributed by atoms with Gasteiger partial charge < -0.3 is 9.80 Å². The molecule has 1 atom stereocenters. The van der Waals surface area contributed by atoms with Crippen LogP contribution in [0, 0.1) is 6.92 Å². The summed E-state index contributed by atoms with van der Waals surface area (Å²) < 4.78 is 1.82. The Balaban J connectivity index is 1.36. The molecule has 1 saturated heterocycles. The molecule has 4 heterocycles. The molecule has 1 aliphatic heterocycles. The van der Waals surface area contributed by atoms with Crippen LogP contribution in [0.3, 0.4) is 0 Å². The molecule has 7 heteroatoms. The van der Waals surface area contributed by atoms with Gasteiger partial charge in [0, 0.05) is 37.6 Å². The highest BCUT2D eigenvalue weighted by atomic mass is 15.4. The largest absolute Gasteiger partial charge is 0.361 e. The topological polar surface area (TPSA) is 63.0 Å². The number of hydrogen-bond donors (Lipinski definition) is 0. The van der Waals surface area contributed by atoms with Crippen LogP contribution in [0.25, 0.3) is 28.0 Å². The van der Waals surface area contributed by atoms with Crippen molar-refractivity contribution in [1.29, 1.82) is 0 Å². The molecule has 0 amide bonds. The van der Waals surface area contributed by atoms with Crippen LogP contribution in [0.2, 0.25) is 0 Å². The summed E-state index contributed by atoms with van der Waals surface area (Å²) >= 11 is 0. The summed E-state index contributed by atoms with van der Waals surface area (Å²) in [6.07, 6.45) is 5.60. The van der Waals surface area contributed by atoms with Crippen molar-refractivity contribution in [3.05, 3.63) is 59.9 Å². The van der Waals surface area contributed by atoms with Crippen LogP contribution in [0.1, 0.15) is 31.0 Å². The second kappa shape index (κ2) is 8.90. The fraction of sp³-hybridized carbons (Fsp3) is 0.385. The van der Waals surface area contributed by atoms with Crippen molar-refractivity contribution >= 4 is 16.7 Å². The molecular formula is C26H31N7. The molecule has 0 bridgehead atoms. The lowest BCUT2D eigenvalue weighted by Crippen LogP contribution is -2.28. The maximum Gasteiger partial charge on any atom is 0.176 e. The predicted molar refractivity (Wildman–Crippen MR) is 133 cm³/mol. The Morgan fingerprint density at radius 1 is 1.06 bits per heavy atom. The number of hydrogen-bond acceptors (Lipinski definition) is 6. The van der Waals surface area contributed by atoms with Crippen molar-refractivity contribution < 1.29 is 0 Å². The molecule has 0 unspecified atom stereocenters. The highest BCUT2D eigenvalue weighted by Crippen LogP contribution is 2.26. The van der Waals surface area contributed by atoms with Gasteiger partial charge in [-0.15, -0.1) is 10.2 Å². The zero-order chi connectivity index (χ0) is 22.9. The zero-order valence-electron chi connectivity index (χ0n) is 19.9. The number of benzene rings is 1. The SMILES string of the molecule is Cc1c(-c2ccc3cc(CCN4CCC[C@H]4C)ccc3n2)cnn1-c1ccc(N(C)C)nn1. The predicted octanol–water partition coefficient (Wildman–Crippen LogP) is 4.28. The lowest BCUT2D eigenvalue weighted by atomic mass is 10.1. The van der Waals surface area contributed by atoms with Gasteiger partial charge in [-0.2, -0.15) is 5.10 Å². The number of anilines is 1. The number of pyridine rings is 1. The number of likely N-dealkylation sites (tertiary alicyclic amines) is 1. The van der Waals surface area contributed by atoms with E-state index >= 15 is 0 Å². The average molecular weight is 442 g/mol. The molecule has 0 spiro atoms. The first-order chi connectivity index (χ1) is 16.0. The standard InChI is InChI=1S/C26H31N7/c1-18-6-5-14-32(18)15-13-20-7-9-23-21(16-20)8-10-24(28-23)22-17-27-33(19(22)2)26-12-11-25(29-30-26)31(3)4/h7-12,16-18H,5-6,13-15H2,1-4H3/t18-/m1/s1. The minimum Gasteiger partial charge on any atom is -0.361 e. The maximum absolute atomic E-state index is 4.93. The maximum atomic E-state index is 4.93. The Morgan fingerprint density at radius 3 is 2.67 bits per heavy atom. The molecule has 170 valence electrons. The van der Waals surface area contributed by atoms with Crippen LogP contribution in [0.4, 0.5) is 5.82 Å². The van der Waals surface area contributed by atoms with Crippen molar-refractivity contribution in [3.8, 4) is 17.1 Å². The summed E-state index contributed by atoms with van der Waals surface area (Å²) in [5.41, 5.74) is 5.29. The van der Waals surface area contributed by atoms with Crippen molar-refractivity contribution in [1.82, 2.24) is 29.9 Å². The monoisotopic (exact) mass is 441 g/mol. The first-order valence-corrected chi connectivity index (χ1v) is 11.7. The number of aromatic nitrogens is 5. The van der Waals surface area contributed by atoms with Gasteiger partial charge in [-0.25, -0.2) is 9.67 Å². The van der Waals surface area contributed by atoms with Crippen LogP contribution in [0.5, 0.6) is 0 Å². The van der Waals surface area contributed by atoms with E-state index in [1.54, 1.807) is 0 Å². The van der Waals surface area contributed by atoms with Crippen LogP contribution in [0.15, 0.2) is 48.7 Å². The summed E-state index contributed by atoms with van der Waals surface area (Å²) in [4.78, 5) is 9.46. The Kier molecular flexibility index (Phi) is 5.81. The summed E-state index contributed by atoms with van der Waals surface area (Å²) in [7, 11) is 3.90. The normalized spacial score (nSPS) is 16.5. The van der Waals surface area contributed by atoms with E-state index in [-0.39, 0.29) is 0 Å². The summed E-state index contributed by atoms with van der Waals surface area (Å²) in [5, 5.41) is 14.3. The van der Waals surface area contributed by atoms with E-state index in [1.165, 1.54) is 30.3 Å². The van der Waals surface area contributed by atoms with Gasteiger partial charge >= 0.3 is 0 Å². The fourth-order valence-corrected chi connectivity index (χ4v) is 4.64. The van der Waals surface area contributed by atoms with E-state index in [0.717, 1.165) is 47.3 Å². The Hall–Kier alpha value is -3.32. The van der Waals surface area contributed by atoms with Gasteiger partial charge in [0.05, 0.1) is 23.1 Å². The van der Waals surface area contributed by atoms with Crippen molar-refractivity contribution in [2.45, 2.75) is 39.2 Å². The van der Waals surface area contributed by atoms with Crippen molar-refractivity contribution in [2.75, 3.05) is 32.1 Å². The van der Waals surface area contributed by atoms with E-state index in [0.29, 0.717) is 5.82 Å². The van der Waals surface area contributed by atoms with E-state index in [4.69, 9.17) is 4.98 Å². The smallest absolute Gasteiger partial charge is 0.176 e. The Labute approximate surface area is 195 Å². The molecule has 5 rings (SSSR count). The second-order valence-corrected chi connectivity index (χ2v) is 9.20. The van der Waals surface area contributed by atoms with Crippen LogP contribution >= 0.6 is 0 Å². The van der Waals surface area contributed by atoms with Crippen molar-refractivity contribution in [3.63, 3.8) is 0 Å². The lowest BCUT2D eigenvalue weighted by Gasteiger charge is -2.20. The molecule has 7 nitrogen and oxygen atoms in total. The van der Waals surface area contributed by atoms with Crippen LogP contribution < -0.4 is 4.90 Å². The molecule has 4 aromatic rings. The van der Waals surface area contributed by atoms with Gasteiger partial charge in [0.1, 0.15) is 0 Å². The van der Waals surface area contributed by atoms with E-state index in [9.17, 15) is 0 Å². The minimum atomic E-state index is 0.696. The summed E-state index contributed by atoms with van der Waals surface area (Å²) in [5.74, 6) is 1.51. The van der Waals surface area contributed by atoms with Gasteiger partial charge in [0.25, 0.3) is 0 Å². The third kappa shape index (κ3) is 4.33. The van der Waals surface area contributed by atoms with E-state index < -0.39 is 0 Å². The van der Waals surface area contributed by atoms with Crippen LogP contribution in [-0.2, 0) is 6.42 Å². The van der Waals surface area contributed by atoms with E-state index in [2.05, 4.69) is 57.5 Å². The Morgan fingerprint density at radius 2 is 1.94 bits per heavy atom. The second-order valence-electron chi connectivity index (χ2n) is 9.20. The molecule has 0 aliphatic carbocycles. The molecule has 1 aliphatic rings. The number of fused-ring (bicyclic) bond motifs is 1. The molecule has 0 N–H and O–H groups in total. The lowest BCUT2D eigenvalue weighted by molar-refractivity contribution is 0.272. The average Bonchev–Trinajstić information content (AvgIpc) is 3.42. The summed E-state index contributed by atoms with van der Waals surface area (Å²) in [6.45, 7) is 6.75. The minimum absolute atomic E-state index is 0.696. The molecule has 0 saturated carbocycles. The van der Waals surface area contributed by atoms with Gasteiger partial charge in [-0.3, -0.25) is 0 Å². The fourth-order valence-electron chi connectivity index (χ4n) is 4.64. The summed E-state index contributed by atoms with van der Waals surface area (Å²) in [6, 6.07) is 15.5. The highest BCUT2D eigenvalue weighted by molar-refractivity contribution is 5.82. The Bertz CT molecular complexity index is 1260. The number of rotatable bonds is 6.